The third-order valence-electron chi connectivity index (χ3n) is 3.71. The number of Topliss-reactive ketones (excluding diaryl/α,β-unsaturated/α-hetero) is 1. The number of carbonyl (C=O) groups excluding carboxylic acids is 1. The minimum Gasteiger partial charge on any atom is -0.493 e. The maximum absolute atomic E-state index is 12.5. The molecule has 0 fully saturated rings. The first kappa shape index (κ1) is 14.4. The second-order valence-electron chi connectivity index (χ2n) is 5.35. The quantitative estimate of drug-likeness (QED) is 0.791. The summed E-state index contributed by atoms with van der Waals surface area (Å²) in [6, 6.07) is 11.6. The first-order valence-corrected chi connectivity index (χ1v) is 7.37. The Labute approximate surface area is 130 Å². The molecule has 0 N–H and O–H groups in total. The fraction of sp³-hybridized carbons (Fsp3) is 0.211. The van der Waals surface area contributed by atoms with Crippen LogP contribution in [-0.4, -0.2) is 12.4 Å². The number of carbonyl (C=O) groups is 1. The SMILES string of the molecule is CCOc1ccc2c(c1C)O/C(=C\c1ccc(C)cc1)C2=O. The summed E-state index contributed by atoms with van der Waals surface area (Å²) in [7, 11) is 0. The first-order chi connectivity index (χ1) is 10.6. The van der Waals surface area contributed by atoms with Crippen LogP contribution < -0.4 is 9.47 Å². The van der Waals surface area contributed by atoms with Gasteiger partial charge in [0.15, 0.2) is 5.76 Å². The molecule has 0 unspecified atom stereocenters. The number of ether oxygens (including phenoxy) is 2. The normalized spacial score (nSPS) is 14.9. The van der Waals surface area contributed by atoms with E-state index in [-0.39, 0.29) is 5.78 Å². The summed E-state index contributed by atoms with van der Waals surface area (Å²) in [4.78, 5) is 12.5. The molecule has 1 aliphatic rings. The largest absolute Gasteiger partial charge is 0.493 e. The molecule has 0 amide bonds. The van der Waals surface area contributed by atoms with Crippen LogP contribution in [-0.2, 0) is 0 Å². The van der Waals surface area contributed by atoms with Gasteiger partial charge in [0.05, 0.1) is 12.2 Å². The van der Waals surface area contributed by atoms with Crippen LogP contribution in [0.2, 0.25) is 0 Å². The fourth-order valence-electron chi connectivity index (χ4n) is 2.49. The average Bonchev–Trinajstić information content (AvgIpc) is 2.82. The van der Waals surface area contributed by atoms with Crippen molar-refractivity contribution in [3.8, 4) is 11.5 Å². The molecule has 2 aromatic rings. The molecule has 2 aromatic carbocycles. The number of allylic oxidation sites excluding steroid dienone is 1. The monoisotopic (exact) mass is 294 g/mol. The number of fused-ring (bicyclic) bond motifs is 1. The molecular weight excluding hydrogens is 276 g/mol. The van der Waals surface area contributed by atoms with Crippen molar-refractivity contribution in [2.24, 2.45) is 0 Å². The third-order valence-corrected chi connectivity index (χ3v) is 3.71. The number of hydrogen-bond acceptors (Lipinski definition) is 3. The lowest BCUT2D eigenvalue weighted by atomic mass is 10.1. The Hall–Kier alpha value is -2.55. The van der Waals surface area contributed by atoms with Gasteiger partial charge in [-0.2, -0.15) is 0 Å². The Balaban J connectivity index is 1.97. The summed E-state index contributed by atoms with van der Waals surface area (Å²) in [5, 5.41) is 0. The van der Waals surface area contributed by atoms with Crippen molar-refractivity contribution in [3.63, 3.8) is 0 Å². The maximum Gasteiger partial charge on any atom is 0.231 e. The van der Waals surface area contributed by atoms with Crippen molar-refractivity contribution < 1.29 is 14.3 Å². The van der Waals surface area contributed by atoms with Gasteiger partial charge in [-0.15, -0.1) is 0 Å². The lowest BCUT2D eigenvalue weighted by Crippen LogP contribution is -1.97. The van der Waals surface area contributed by atoms with Crippen LogP contribution >= 0.6 is 0 Å². The molecule has 0 atom stereocenters. The molecule has 3 rings (SSSR count). The van der Waals surface area contributed by atoms with Gasteiger partial charge < -0.3 is 9.47 Å². The zero-order chi connectivity index (χ0) is 15.7. The Morgan fingerprint density at radius 3 is 2.50 bits per heavy atom. The minimum absolute atomic E-state index is 0.0817. The van der Waals surface area contributed by atoms with Crippen molar-refractivity contribution in [2.45, 2.75) is 20.8 Å². The number of hydrogen-bond donors (Lipinski definition) is 0. The first-order valence-electron chi connectivity index (χ1n) is 7.37. The number of rotatable bonds is 3. The van der Waals surface area contributed by atoms with Crippen molar-refractivity contribution in [1.82, 2.24) is 0 Å². The Bertz CT molecular complexity index is 755. The van der Waals surface area contributed by atoms with E-state index in [1.54, 1.807) is 12.1 Å². The third kappa shape index (κ3) is 2.50. The van der Waals surface area contributed by atoms with Crippen LogP contribution in [0.15, 0.2) is 42.2 Å². The smallest absolute Gasteiger partial charge is 0.231 e. The second kappa shape index (κ2) is 5.68. The van der Waals surface area contributed by atoms with E-state index < -0.39 is 0 Å². The predicted octanol–water partition coefficient (Wildman–Crippen LogP) is 4.32. The molecule has 0 saturated carbocycles. The summed E-state index contributed by atoms with van der Waals surface area (Å²) in [6.45, 7) is 6.45. The topological polar surface area (TPSA) is 35.5 Å². The highest BCUT2D eigenvalue weighted by Crippen LogP contribution is 2.39. The highest BCUT2D eigenvalue weighted by Gasteiger charge is 2.30. The van der Waals surface area contributed by atoms with Gasteiger partial charge in [0.25, 0.3) is 0 Å². The predicted molar refractivity (Wildman–Crippen MR) is 86.5 cm³/mol. The van der Waals surface area contributed by atoms with Crippen LogP contribution in [0.5, 0.6) is 11.5 Å². The summed E-state index contributed by atoms with van der Waals surface area (Å²) in [5.41, 5.74) is 3.59. The van der Waals surface area contributed by atoms with E-state index in [1.807, 2.05) is 51.1 Å². The standard InChI is InChI=1S/C19H18O3/c1-4-21-16-10-9-15-18(20)17(22-19(15)13(16)3)11-14-7-5-12(2)6-8-14/h5-11H,4H2,1-3H3/b17-11-. The molecule has 0 aromatic heterocycles. The van der Waals surface area contributed by atoms with Crippen LogP contribution in [0.3, 0.4) is 0 Å². The van der Waals surface area contributed by atoms with Gasteiger partial charge in [0, 0.05) is 5.56 Å². The van der Waals surface area contributed by atoms with E-state index in [2.05, 4.69) is 0 Å². The van der Waals surface area contributed by atoms with E-state index in [9.17, 15) is 4.79 Å². The van der Waals surface area contributed by atoms with E-state index in [0.29, 0.717) is 23.7 Å². The number of aryl methyl sites for hydroxylation is 1. The van der Waals surface area contributed by atoms with Crippen LogP contribution in [0.25, 0.3) is 6.08 Å². The molecular formula is C19H18O3. The minimum atomic E-state index is -0.0817. The zero-order valence-electron chi connectivity index (χ0n) is 13.0. The van der Waals surface area contributed by atoms with E-state index in [1.165, 1.54) is 5.56 Å². The van der Waals surface area contributed by atoms with Gasteiger partial charge in [-0.1, -0.05) is 29.8 Å². The van der Waals surface area contributed by atoms with Gasteiger partial charge >= 0.3 is 0 Å². The Kier molecular flexibility index (Phi) is 3.72. The van der Waals surface area contributed by atoms with Crippen molar-refractivity contribution in [1.29, 1.82) is 0 Å². The summed E-state index contributed by atoms with van der Waals surface area (Å²) >= 11 is 0. The van der Waals surface area contributed by atoms with E-state index in [4.69, 9.17) is 9.47 Å². The van der Waals surface area contributed by atoms with Gasteiger partial charge in [0.1, 0.15) is 11.5 Å². The summed E-state index contributed by atoms with van der Waals surface area (Å²) in [5.74, 6) is 1.64. The van der Waals surface area contributed by atoms with Crippen molar-refractivity contribution in [2.75, 3.05) is 6.61 Å². The van der Waals surface area contributed by atoms with Crippen molar-refractivity contribution >= 4 is 11.9 Å². The molecule has 112 valence electrons. The molecule has 0 bridgehead atoms. The van der Waals surface area contributed by atoms with Crippen LogP contribution in [0, 0.1) is 13.8 Å². The van der Waals surface area contributed by atoms with Gasteiger partial charge in [0.2, 0.25) is 5.78 Å². The highest BCUT2D eigenvalue weighted by molar-refractivity contribution is 6.14. The zero-order valence-corrected chi connectivity index (χ0v) is 13.0. The number of benzene rings is 2. The Morgan fingerprint density at radius 2 is 1.82 bits per heavy atom. The van der Waals surface area contributed by atoms with E-state index in [0.717, 1.165) is 16.9 Å². The second-order valence-corrected chi connectivity index (χ2v) is 5.35. The molecule has 1 heterocycles. The number of ketones is 1. The molecule has 3 nitrogen and oxygen atoms in total. The van der Waals surface area contributed by atoms with Gasteiger partial charge in [-0.3, -0.25) is 4.79 Å². The van der Waals surface area contributed by atoms with Gasteiger partial charge in [-0.05, 0) is 44.5 Å². The molecule has 3 heteroatoms. The highest BCUT2D eigenvalue weighted by atomic mass is 16.5. The van der Waals surface area contributed by atoms with Crippen LogP contribution in [0.1, 0.15) is 34.0 Å². The fourth-order valence-corrected chi connectivity index (χ4v) is 2.49. The molecule has 1 aliphatic heterocycles. The lowest BCUT2D eigenvalue weighted by Gasteiger charge is -2.09. The van der Waals surface area contributed by atoms with Crippen LogP contribution in [0.4, 0.5) is 0 Å². The molecule has 0 radical (unpaired) electrons. The van der Waals surface area contributed by atoms with E-state index >= 15 is 0 Å². The summed E-state index contributed by atoms with van der Waals surface area (Å²) in [6.07, 6.45) is 1.78. The Morgan fingerprint density at radius 1 is 1.09 bits per heavy atom. The van der Waals surface area contributed by atoms with Crippen molar-refractivity contribution in [3.05, 3.63) is 64.4 Å². The molecule has 0 spiro atoms. The lowest BCUT2D eigenvalue weighted by molar-refractivity contribution is 0.101. The van der Waals surface area contributed by atoms with Gasteiger partial charge in [-0.25, -0.2) is 0 Å². The molecule has 0 saturated heterocycles. The molecule has 0 aliphatic carbocycles. The average molecular weight is 294 g/mol. The summed E-state index contributed by atoms with van der Waals surface area (Å²) < 4.78 is 11.4. The molecule has 22 heavy (non-hydrogen) atoms. The maximum atomic E-state index is 12.5.